The monoisotopic (exact) mass is 697 g/mol. The Bertz CT molecular complexity index is 1340. The van der Waals surface area contributed by atoms with Crippen molar-refractivity contribution in [3.05, 3.63) is 59.2 Å². The van der Waals surface area contributed by atoms with Crippen LogP contribution in [0.4, 0.5) is 0 Å². The zero-order valence-electron chi connectivity index (χ0n) is 30.8. The summed E-state index contributed by atoms with van der Waals surface area (Å²) in [6, 6.07) is 1.75. The van der Waals surface area contributed by atoms with Gasteiger partial charge in [0.2, 0.25) is 23.6 Å². The lowest BCUT2D eigenvalue weighted by Crippen LogP contribution is -2.58. The Morgan fingerprint density at radius 2 is 1.62 bits per heavy atom. The van der Waals surface area contributed by atoms with Crippen LogP contribution in [0.5, 0.6) is 0 Å². The van der Waals surface area contributed by atoms with Gasteiger partial charge in [0.05, 0.1) is 6.04 Å². The second-order valence-corrected chi connectivity index (χ2v) is 14.2. The van der Waals surface area contributed by atoms with E-state index in [1.165, 1.54) is 18.4 Å². The first-order chi connectivity index (χ1) is 23.5. The molecule has 0 aromatic carbocycles. The van der Waals surface area contributed by atoms with Gasteiger partial charge in [-0.15, -0.1) is 0 Å². The number of carbonyl (C=O) groups excluding carboxylic acids is 5. The van der Waals surface area contributed by atoms with Gasteiger partial charge in [0.15, 0.2) is 0 Å². The quantitative estimate of drug-likeness (QED) is 0.125. The summed E-state index contributed by atoms with van der Waals surface area (Å²) in [7, 11) is 0. The van der Waals surface area contributed by atoms with Crippen LogP contribution in [0.3, 0.4) is 0 Å². The zero-order chi connectivity index (χ0) is 37.4. The van der Waals surface area contributed by atoms with Gasteiger partial charge in [-0.2, -0.15) is 0 Å². The molecule has 1 aromatic heterocycles. The van der Waals surface area contributed by atoms with E-state index in [-0.39, 0.29) is 41.8 Å². The van der Waals surface area contributed by atoms with Gasteiger partial charge in [0.25, 0.3) is 5.91 Å². The number of hydrogen-bond acceptors (Lipinski definition) is 9. The van der Waals surface area contributed by atoms with E-state index in [4.69, 9.17) is 0 Å². The molecular formula is C36H57N8O6-. The van der Waals surface area contributed by atoms with Gasteiger partial charge in [-0.3, -0.25) is 29.0 Å². The molecule has 278 valence electrons. The lowest BCUT2D eigenvalue weighted by Gasteiger charge is -2.30. The number of nitrogens with zero attached hydrogens (tertiary/aromatic N) is 2. The Labute approximate surface area is 296 Å². The first-order valence-electron chi connectivity index (χ1n) is 17.5. The van der Waals surface area contributed by atoms with Crippen LogP contribution in [-0.2, 0) is 30.4 Å². The van der Waals surface area contributed by atoms with Crippen LogP contribution in [0.15, 0.2) is 48.3 Å². The summed E-state index contributed by atoms with van der Waals surface area (Å²) in [6.07, 6.45) is 7.41. The summed E-state index contributed by atoms with van der Waals surface area (Å²) < 4.78 is 0. The van der Waals surface area contributed by atoms with E-state index in [0.29, 0.717) is 37.3 Å². The molecule has 50 heavy (non-hydrogen) atoms. The number of hydroxylamine groups is 2. The van der Waals surface area contributed by atoms with Crippen LogP contribution in [0.2, 0.25) is 0 Å². The van der Waals surface area contributed by atoms with E-state index in [9.17, 15) is 29.2 Å². The predicted molar refractivity (Wildman–Crippen MR) is 193 cm³/mol. The maximum absolute atomic E-state index is 13.8. The molecule has 1 aliphatic rings. The third-order valence-electron chi connectivity index (χ3n) is 8.01. The van der Waals surface area contributed by atoms with E-state index in [1.807, 2.05) is 60.6 Å². The van der Waals surface area contributed by atoms with Crippen molar-refractivity contribution in [2.75, 3.05) is 19.6 Å². The number of likely N-dealkylation sites (N-methyl/N-ethyl adjacent to an activating group) is 1. The van der Waals surface area contributed by atoms with Crippen LogP contribution >= 0.6 is 0 Å². The van der Waals surface area contributed by atoms with Crippen LogP contribution in [0.25, 0.3) is 0 Å². The van der Waals surface area contributed by atoms with Crippen LogP contribution < -0.4 is 31.9 Å². The van der Waals surface area contributed by atoms with Gasteiger partial charge >= 0.3 is 0 Å². The highest BCUT2D eigenvalue weighted by Gasteiger charge is 2.32. The van der Waals surface area contributed by atoms with Crippen molar-refractivity contribution >= 4 is 29.5 Å². The Balaban J connectivity index is 2.19. The average Bonchev–Trinajstić information content (AvgIpc) is 3.05. The van der Waals surface area contributed by atoms with Crippen LogP contribution in [-0.4, -0.2) is 89.4 Å². The third-order valence-corrected chi connectivity index (χ3v) is 8.01. The van der Waals surface area contributed by atoms with Crippen molar-refractivity contribution in [3.63, 3.8) is 0 Å². The number of amides is 5. The van der Waals surface area contributed by atoms with Crippen LogP contribution in [0.1, 0.15) is 80.3 Å². The molecule has 0 fully saturated rings. The Morgan fingerprint density at radius 1 is 0.920 bits per heavy atom. The molecular weight excluding hydrogens is 640 g/mol. The molecule has 14 nitrogen and oxygen atoms in total. The molecule has 0 bridgehead atoms. The fourth-order valence-corrected chi connectivity index (χ4v) is 5.30. The number of carbonyl (C=O) groups is 5. The predicted octanol–water partition coefficient (Wildman–Crippen LogP) is 1.82. The van der Waals surface area contributed by atoms with Gasteiger partial charge in [-0.1, -0.05) is 60.1 Å². The summed E-state index contributed by atoms with van der Waals surface area (Å²) in [5.74, 6) is -2.13. The molecule has 6 N–H and O–H groups in total. The normalized spacial score (nSPS) is 16.0. The number of pyridine rings is 1. The molecule has 14 heteroatoms. The molecule has 0 aliphatic carbocycles. The van der Waals surface area contributed by atoms with Crippen molar-refractivity contribution < 1.29 is 24.0 Å². The topological polar surface area (TPSA) is 197 Å². The highest BCUT2D eigenvalue weighted by molar-refractivity contribution is 6.00. The molecule has 0 unspecified atom stereocenters. The van der Waals surface area contributed by atoms with E-state index < -0.39 is 47.9 Å². The molecule has 5 atom stereocenters. The number of hydrogen-bond donors (Lipinski definition) is 6. The minimum Gasteiger partial charge on any atom is -0.758 e. The minimum atomic E-state index is -0.936. The van der Waals surface area contributed by atoms with E-state index in [1.54, 1.807) is 19.2 Å². The molecule has 1 aromatic rings. The Morgan fingerprint density at radius 3 is 2.18 bits per heavy atom. The SMILES string of the molecule is CCC[C@H](NC(=O)[C@H](CC(C)(C)C)NC(=O)C1=CCN([O-])C=C1)C(=O)N[C@H](CN[C@@H](C)C(=O)N[C@H](C(=O)NCC)C(C)C)Cc1ccccn1. The molecule has 5 amide bonds. The summed E-state index contributed by atoms with van der Waals surface area (Å²) in [5.41, 5.74) is 0.670. The molecule has 0 saturated heterocycles. The highest BCUT2D eigenvalue weighted by atomic mass is 16.5. The maximum atomic E-state index is 13.8. The summed E-state index contributed by atoms with van der Waals surface area (Å²) in [4.78, 5) is 70.5. The van der Waals surface area contributed by atoms with Crippen molar-refractivity contribution in [2.24, 2.45) is 11.3 Å². The number of aromatic nitrogens is 1. The average molecular weight is 698 g/mol. The second kappa shape index (κ2) is 20.4. The van der Waals surface area contributed by atoms with Gasteiger partial charge in [-0.05, 0) is 62.4 Å². The third kappa shape index (κ3) is 14.7. The number of nitrogens with one attached hydrogen (secondary N) is 6. The highest BCUT2D eigenvalue weighted by Crippen LogP contribution is 2.22. The molecule has 2 heterocycles. The lowest BCUT2D eigenvalue weighted by atomic mass is 9.87. The van der Waals surface area contributed by atoms with Gasteiger partial charge in [-0.25, -0.2) is 0 Å². The Kier molecular flexibility index (Phi) is 17.1. The van der Waals surface area contributed by atoms with Crippen molar-refractivity contribution in [1.29, 1.82) is 0 Å². The Hall–Kier alpha value is -4.30. The first kappa shape index (κ1) is 41.9. The minimum absolute atomic E-state index is 0.0285. The lowest BCUT2D eigenvalue weighted by molar-refractivity contribution is -0.132. The molecule has 0 radical (unpaired) electrons. The van der Waals surface area contributed by atoms with E-state index >= 15 is 0 Å². The molecule has 0 saturated carbocycles. The smallest absolute Gasteiger partial charge is 0.251 e. The maximum Gasteiger partial charge on any atom is 0.251 e. The van der Waals surface area contributed by atoms with Crippen molar-refractivity contribution in [2.45, 2.75) is 111 Å². The summed E-state index contributed by atoms with van der Waals surface area (Å²) in [6.45, 7) is 15.6. The summed E-state index contributed by atoms with van der Waals surface area (Å²) >= 11 is 0. The first-order valence-corrected chi connectivity index (χ1v) is 17.5. The van der Waals surface area contributed by atoms with Gasteiger partial charge < -0.3 is 42.2 Å². The van der Waals surface area contributed by atoms with Gasteiger partial charge in [0.1, 0.15) is 18.1 Å². The largest absolute Gasteiger partial charge is 0.758 e. The van der Waals surface area contributed by atoms with E-state index in [0.717, 1.165) is 5.69 Å². The number of rotatable bonds is 19. The van der Waals surface area contributed by atoms with Crippen molar-refractivity contribution in [3.8, 4) is 0 Å². The zero-order valence-corrected chi connectivity index (χ0v) is 30.8. The fraction of sp³-hybridized carbons (Fsp3) is 0.611. The molecule has 0 spiro atoms. The second-order valence-electron chi connectivity index (χ2n) is 14.2. The summed E-state index contributed by atoms with van der Waals surface area (Å²) in [5, 5.41) is 29.6. The molecule has 2 rings (SSSR count). The standard InChI is InChI=1S/C36H57N8O6/c1-9-13-28(41-34(48)29(21-36(6,7)8)42-32(46)25-15-18-44(50)19-16-25)33(47)40-27(20-26-14-11-12-17-38-26)22-39-24(5)31(45)43-30(23(3)4)35(49)37-10-2/h11-12,14-18,23-24,27-30,39H,9-10,13,19-22H2,1-8H3,(H,37,49)(H,40,47)(H,41,48)(H,42,46)(H,43,45)/q-1/t24-,27-,28-,29-,30-/m0/s1. The van der Waals surface area contributed by atoms with Crippen LogP contribution in [0, 0.1) is 16.5 Å². The molecule has 1 aliphatic heterocycles. The van der Waals surface area contributed by atoms with Gasteiger partial charge in [0, 0.05) is 49.6 Å². The fourth-order valence-electron chi connectivity index (χ4n) is 5.30. The van der Waals surface area contributed by atoms with E-state index in [2.05, 4.69) is 36.9 Å². The van der Waals surface area contributed by atoms with Crippen molar-refractivity contribution in [1.82, 2.24) is 41.9 Å².